The molecule has 2 aromatic heterocycles. The molecule has 0 radical (unpaired) electrons. The van der Waals surface area contributed by atoms with Gasteiger partial charge >= 0.3 is 0 Å². The van der Waals surface area contributed by atoms with Crippen molar-refractivity contribution >= 4 is 40.2 Å². The van der Waals surface area contributed by atoms with Crippen LogP contribution in [0.3, 0.4) is 0 Å². The Bertz CT molecular complexity index is 1020. The molecule has 1 atom stereocenters. The molecule has 8 heteroatoms. The van der Waals surface area contributed by atoms with Crippen molar-refractivity contribution < 1.29 is 4.63 Å². The van der Waals surface area contributed by atoms with Gasteiger partial charge in [0.05, 0.1) is 6.04 Å². The van der Waals surface area contributed by atoms with Crippen molar-refractivity contribution in [2.45, 2.75) is 13.0 Å². The molecule has 0 aliphatic rings. The molecule has 0 saturated carbocycles. The summed E-state index contributed by atoms with van der Waals surface area (Å²) in [5.74, 6) is 1.08. The second kappa shape index (κ2) is 6.97. The highest BCUT2D eigenvalue weighted by Gasteiger charge is 2.15. The van der Waals surface area contributed by atoms with Gasteiger partial charge in [0.15, 0.2) is 11.6 Å². The first-order valence-corrected chi connectivity index (χ1v) is 8.41. The summed E-state index contributed by atoms with van der Waals surface area (Å²) in [5, 5.41) is 14.8. The van der Waals surface area contributed by atoms with E-state index in [2.05, 4.69) is 30.9 Å². The molecule has 0 spiro atoms. The van der Waals surface area contributed by atoms with Crippen molar-refractivity contribution in [2.75, 3.05) is 10.6 Å². The number of rotatable bonds is 5. The van der Waals surface area contributed by atoms with E-state index >= 15 is 0 Å². The van der Waals surface area contributed by atoms with Crippen LogP contribution in [0.2, 0.25) is 5.02 Å². The van der Waals surface area contributed by atoms with Crippen molar-refractivity contribution in [3.05, 3.63) is 65.2 Å². The minimum atomic E-state index is 0.0218. The van der Waals surface area contributed by atoms with Gasteiger partial charge in [-0.05, 0) is 47.1 Å². The van der Waals surface area contributed by atoms with Crippen LogP contribution in [0, 0.1) is 0 Å². The number of hydrogen-bond donors (Lipinski definition) is 2. The number of anilines is 3. The van der Waals surface area contributed by atoms with Gasteiger partial charge in [-0.3, -0.25) is 0 Å². The Balaban J connectivity index is 1.68. The molecule has 0 fully saturated rings. The van der Waals surface area contributed by atoms with Gasteiger partial charge in [-0.2, -0.15) is 0 Å². The average molecular weight is 367 g/mol. The van der Waals surface area contributed by atoms with Gasteiger partial charge < -0.3 is 10.6 Å². The Labute approximate surface area is 154 Å². The summed E-state index contributed by atoms with van der Waals surface area (Å²) in [6.07, 6.45) is 0. The van der Waals surface area contributed by atoms with Crippen LogP contribution in [0.25, 0.3) is 11.3 Å². The molecule has 0 bridgehead atoms. The maximum atomic E-state index is 5.95. The lowest BCUT2D eigenvalue weighted by molar-refractivity contribution is 0.314. The predicted molar refractivity (Wildman–Crippen MR) is 101 cm³/mol. The van der Waals surface area contributed by atoms with Crippen molar-refractivity contribution in [3.8, 4) is 0 Å². The molecule has 0 aliphatic carbocycles. The molecule has 7 nitrogen and oxygen atoms in total. The van der Waals surface area contributed by atoms with Gasteiger partial charge in [-0.25, -0.2) is 14.6 Å². The number of benzene rings is 2. The van der Waals surface area contributed by atoms with Gasteiger partial charge in [0.25, 0.3) is 0 Å². The zero-order valence-corrected chi connectivity index (χ0v) is 14.6. The first-order chi connectivity index (χ1) is 12.7. The van der Waals surface area contributed by atoms with Crippen LogP contribution < -0.4 is 10.6 Å². The second-order valence-corrected chi connectivity index (χ2v) is 6.18. The molecule has 2 aromatic carbocycles. The topological polar surface area (TPSA) is 88.8 Å². The third-order valence-corrected chi connectivity index (χ3v) is 4.13. The number of nitrogens with one attached hydrogen (secondary N) is 2. The third kappa shape index (κ3) is 3.43. The fourth-order valence-corrected chi connectivity index (χ4v) is 2.65. The van der Waals surface area contributed by atoms with E-state index in [-0.39, 0.29) is 6.04 Å². The van der Waals surface area contributed by atoms with Crippen molar-refractivity contribution in [1.82, 2.24) is 20.3 Å². The number of fused-ring (bicyclic) bond motifs is 1. The minimum absolute atomic E-state index is 0.0218. The standard InChI is InChI=1S/C18H15ClN6O/c1-11(12-5-3-2-4-6-12)20-15-16(21-14-9-7-13(19)8-10-14)23-18-17(22-15)24-26-25-18/h2-11H,1H3,(H,20,22,24)(H,21,23,25)/t11-/m0/s1. The summed E-state index contributed by atoms with van der Waals surface area (Å²) in [6, 6.07) is 17.4. The van der Waals surface area contributed by atoms with Crippen molar-refractivity contribution in [3.63, 3.8) is 0 Å². The number of nitrogens with zero attached hydrogens (tertiary/aromatic N) is 4. The lowest BCUT2D eigenvalue weighted by atomic mass is 10.1. The maximum Gasteiger partial charge on any atom is 0.245 e. The average Bonchev–Trinajstić information content (AvgIpc) is 3.11. The molecule has 2 N–H and O–H groups in total. The molecule has 4 aromatic rings. The van der Waals surface area contributed by atoms with Crippen LogP contribution in [0.1, 0.15) is 18.5 Å². The molecule has 0 saturated heterocycles. The second-order valence-electron chi connectivity index (χ2n) is 5.74. The quantitative estimate of drug-likeness (QED) is 0.534. The molecule has 2 heterocycles. The molecular weight excluding hydrogens is 352 g/mol. The summed E-state index contributed by atoms with van der Waals surface area (Å²) in [5.41, 5.74) is 2.63. The molecule has 0 amide bonds. The molecule has 0 aliphatic heterocycles. The Morgan fingerprint density at radius 3 is 2.23 bits per heavy atom. The van der Waals surface area contributed by atoms with Gasteiger partial charge in [-0.1, -0.05) is 41.9 Å². The van der Waals surface area contributed by atoms with Gasteiger partial charge in [0.2, 0.25) is 11.3 Å². The van der Waals surface area contributed by atoms with Gasteiger partial charge in [0, 0.05) is 10.7 Å². The van der Waals surface area contributed by atoms with Crippen LogP contribution in [0.5, 0.6) is 0 Å². The molecular formula is C18H15ClN6O. The molecule has 130 valence electrons. The summed E-state index contributed by atoms with van der Waals surface area (Å²) in [7, 11) is 0. The Morgan fingerprint density at radius 1 is 0.885 bits per heavy atom. The Morgan fingerprint density at radius 2 is 1.54 bits per heavy atom. The highest BCUT2D eigenvalue weighted by atomic mass is 35.5. The molecule has 0 unspecified atom stereocenters. The lowest BCUT2D eigenvalue weighted by Crippen LogP contribution is -2.11. The zero-order valence-electron chi connectivity index (χ0n) is 13.8. The molecule has 4 rings (SSSR count). The summed E-state index contributed by atoms with van der Waals surface area (Å²) >= 11 is 5.95. The first-order valence-electron chi connectivity index (χ1n) is 8.03. The Hall–Kier alpha value is -3.19. The highest BCUT2D eigenvalue weighted by molar-refractivity contribution is 6.30. The van der Waals surface area contributed by atoms with E-state index in [4.69, 9.17) is 16.2 Å². The van der Waals surface area contributed by atoms with Crippen LogP contribution >= 0.6 is 11.6 Å². The van der Waals surface area contributed by atoms with Crippen LogP contribution in [0.15, 0.2) is 59.2 Å². The summed E-state index contributed by atoms with van der Waals surface area (Å²) < 4.78 is 4.73. The first kappa shape index (κ1) is 16.3. The summed E-state index contributed by atoms with van der Waals surface area (Å²) in [4.78, 5) is 8.95. The van der Waals surface area contributed by atoms with E-state index in [0.717, 1.165) is 11.3 Å². The lowest BCUT2D eigenvalue weighted by Gasteiger charge is -2.17. The maximum absolute atomic E-state index is 5.95. The number of halogens is 1. The van der Waals surface area contributed by atoms with E-state index in [9.17, 15) is 0 Å². The van der Waals surface area contributed by atoms with E-state index in [1.165, 1.54) is 0 Å². The number of aromatic nitrogens is 4. The normalized spacial score (nSPS) is 12.1. The SMILES string of the molecule is C[C@H](Nc1nc2nonc2nc1Nc1ccc(Cl)cc1)c1ccccc1. The van der Waals surface area contributed by atoms with Gasteiger partial charge in [-0.15, -0.1) is 0 Å². The van der Waals surface area contributed by atoms with E-state index in [0.29, 0.717) is 28.0 Å². The number of hydrogen-bond acceptors (Lipinski definition) is 7. The zero-order chi connectivity index (χ0) is 17.9. The van der Waals surface area contributed by atoms with Gasteiger partial charge in [0.1, 0.15) is 0 Å². The van der Waals surface area contributed by atoms with E-state index in [1.54, 1.807) is 12.1 Å². The fourth-order valence-electron chi connectivity index (χ4n) is 2.53. The van der Waals surface area contributed by atoms with Crippen LogP contribution in [0.4, 0.5) is 17.3 Å². The Kier molecular flexibility index (Phi) is 4.37. The predicted octanol–water partition coefficient (Wildman–Crippen LogP) is 4.58. The highest BCUT2D eigenvalue weighted by Crippen LogP contribution is 2.27. The summed E-state index contributed by atoms with van der Waals surface area (Å²) in [6.45, 7) is 2.05. The minimum Gasteiger partial charge on any atom is -0.360 e. The smallest absolute Gasteiger partial charge is 0.245 e. The molecule has 26 heavy (non-hydrogen) atoms. The van der Waals surface area contributed by atoms with Crippen molar-refractivity contribution in [1.29, 1.82) is 0 Å². The van der Waals surface area contributed by atoms with Crippen LogP contribution in [-0.2, 0) is 0 Å². The van der Waals surface area contributed by atoms with E-state index in [1.807, 2.05) is 49.4 Å². The largest absolute Gasteiger partial charge is 0.360 e. The monoisotopic (exact) mass is 366 g/mol. The van der Waals surface area contributed by atoms with Crippen LogP contribution in [-0.4, -0.2) is 20.3 Å². The fraction of sp³-hybridized carbons (Fsp3) is 0.111. The third-order valence-electron chi connectivity index (χ3n) is 3.87. The van der Waals surface area contributed by atoms with E-state index < -0.39 is 0 Å². The van der Waals surface area contributed by atoms with Crippen molar-refractivity contribution in [2.24, 2.45) is 0 Å².